The Balaban J connectivity index is 0.000000138. The van der Waals surface area contributed by atoms with Crippen LogP contribution in [0.5, 0.6) is 0 Å². The molecule has 2 saturated heterocycles. The summed E-state index contributed by atoms with van der Waals surface area (Å²) in [5.41, 5.74) is 7.45. The van der Waals surface area contributed by atoms with Crippen molar-refractivity contribution >= 4 is 14.6 Å². The third-order valence-electron chi connectivity index (χ3n) is 14.0. The second-order valence-electron chi connectivity index (χ2n) is 17.3. The topological polar surface area (TPSA) is 117 Å². The molecule has 2 N–H and O–H groups in total. The Hall–Kier alpha value is -2.84. The number of hydrogen-bond donors (Lipinski definition) is 2. The average Bonchev–Trinajstić information content (AvgIpc) is 3.92. The summed E-state index contributed by atoms with van der Waals surface area (Å²) in [7, 11) is -4.36. The van der Waals surface area contributed by atoms with E-state index in [9.17, 15) is 19.3 Å². The van der Waals surface area contributed by atoms with Gasteiger partial charge in [0.1, 0.15) is 14.6 Å². The molecule has 0 amide bonds. The Bertz CT molecular complexity index is 1940. The van der Waals surface area contributed by atoms with Crippen molar-refractivity contribution in [2.45, 2.75) is 62.8 Å². The second-order valence-corrected chi connectivity index (χ2v) is 23.6. The zero-order valence-corrected chi connectivity index (χ0v) is 32.5. The third-order valence-corrected chi connectivity index (χ3v) is 17.6. The lowest BCUT2D eigenvalue weighted by atomic mass is 9.53. The Morgan fingerprint density at radius 1 is 0.615 bits per heavy atom. The van der Waals surface area contributed by atoms with Crippen LogP contribution in [0, 0.1) is 22.7 Å². The van der Waals surface area contributed by atoms with Gasteiger partial charge < -0.3 is 28.5 Å². The van der Waals surface area contributed by atoms with Crippen LogP contribution in [0.3, 0.4) is 0 Å². The van der Waals surface area contributed by atoms with Crippen molar-refractivity contribution in [1.82, 2.24) is 28.4 Å². The zero-order valence-electron chi connectivity index (χ0n) is 30.8. The fourth-order valence-electron chi connectivity index (χ4n) is 11.0. The molecule has 0 unspecified atom stereocenters. The summed E-state index contributed by atoms with van der Waals surface area (Å²) >= 11 is 0. The first-order chi connectivity index (χ1) is 24.8. The standard InChI is InChI=1S/2C20H26N3O2P/c2*1-26(2,25)22-9-7-20(8-10-22)11-16(19(20)24)18-15-6-4-3-5-14(15)17-12-21-13-23(17)18/h2*3-6,12-13,16,18-19,24H,7-11H2,1-2H3/t2*16-,18+,19+/m10/s1. The minimum absolute atomic E-state index is 0.00855. The van der Waals surface area contributed by atoms with E-state index in [0.717, 1.165) is 76.1 Å². The van der Waals surface area contributed by atoms with Gasteiger partial charge in [0.05, 0.1) is 60.7 Å². The fourth-order valence-corrected chi connectivity index (χ4v) is 13.3. The molecule has 2 saturated carbocycles. The molecule has 2 aromatic carbocycles. The summed E-state index contributed by atoms with van der Waals surface area (Å²) in [6, 6.07) is 17.4. The Morgan fingerprint density at radius 3 is 1.33 bits per heavy atom. The van der Waals surface area contributed by atoms with E-state index in [0.29, 0.717) is 0 Å². The van der Waals surface area contributed by atoms with Crippen LogP contribution in [0.4, 0.5) is 0 Å². The first kappa shape index (κ1) is 34.9. The summed E-state index contributed by atoms with van der Waals surface area (Å²) in [6.07, 6.45) is 12.9. The number of imidazole rings is 2. The number of aliphatic hydroxyl groups is 2. The van der Waals surface area contributed by atoms with Gasteiger partial charge in [0.2, 0.25) is 0 Å². The molecule has 4 aromatic rings. The van der Waals surface area contributed by atoms with Gasteiger partial charge in [0.15, 0.2) is 0 Å². The van der Waals surface area contributed by atoms with Crippen LogP contribution < -0.4 is 0 Å². The normalized spacial score (nSPS) is 30.0. The van der Waals surface area contributed by atoms with Gasteiger partial charge in [-0.2, -0.15) is 0 Å². The van der Waals surface area contributed by atoms with Gasteiger partial charge in [-0.25, -0.2) is 9.97 Å². The number of piperidine rings is 2. The molecule has 2 spiro atoms. The number of fused-ring (bicyclic) bond motifs is 6. The van der Waals surface area contributed by atoms with Crippen LogP contribution in [0.1, 0.15) is 61.7 Å². The highest BCUT2D eigenvalue weighted by molar-refractivity contribution is 7.60. The Kier molecular flexibility index (Phi) is 8.28. The summed E-state index contributed by atoms with van der Waals surface area (Å²) in [5.74, 6) is 0.460. The van der Waals surface area contributed by atoms with Crippen molar-refractivity contribution in [3.05, 3.63) is 84.7 Å². The molecule has 2 aliphatic carbocycles. The predicted octanol–water partition coefficient (Wildman–Crippen LogP) is 6.91. The van der Waals surface area contributed by atoms with Crippen LogP contribution in [0.2, 0.25) is 0 Å². The molecule has 4 fully saturated rings. The van der Waals surface area contributed by atoms with E-state index in [2.05, 4.69) is 77.0 Å². The molecule has 276 valence electrons. The molecule has 2 aromatic heterocycles. The first-order valence-corrected chi connectivity index (χ1v) is 24.1. The number of aliphatic hydroxyl groups excluding tert-OH is 2. The predicted molar refractivity (Wildman–Crippen MR) is 205 cm³/mol. The lowest BCUT2D eigenvalue weighted by Crippen LogP contribution is -2.59. The largest absolute Gasteiger partial charge is 0.392 e. The Morgan fingerprint density at radius 2 is 0.981 bits per heavy atom. The summed E-state index contributed by atoms with van der Waals surface area (Å²) in [6.45, 7) is 10.7. The molecule has 4 aliphatic heterocycles. The summed E-state index contributed by atoms with van der Waals surface area (Å²) in [4.78, 5) is 8.69. The smallest absolute Gasteiger partial charge is 0.144 e. The van der Waals surface area contributed by atoms with Gasteiger partial charge in [-0.3, -0.25) is 9.34 Å². The van der Waals surface area contributed by atoms with E-state index in [-0.39, 0.29) is 47.0 Å². The van der Waals surface area contributed by atoms with Crippen LogP contribution in [0.25, 0.3) is 22.5 Å². The van der Waals surface area contributed by atoms with E-state index >= 15 is 0 Å². The molecule has 52 heavy (non-hydrogen) atoms. The van der Waals surface area contributed by atoms with Gasteiger partial charge in [-0.15, -0.1) is 0 Å². The van der Waals surface area contributed by atoms with Crippen LogP contribution in [-0.4, -0.2) is 104 Å². The maximum absolute atomic E-state index is 12.3. The minimum atomic E-state index is -2.18. The van der Waals surface area contributed by atoms with E-state index in [1.54, 1.807) is 0 Å². The average molecular weight is 743 g/mol. The molecule has 6 atom stereocenters. The van der Waals surface area contributed by atoms with Gasteiger partial charge in [0.25, 0.3) is 0 Å². The molecule has 10 nitrogen and oxygen atoms in total. The maximum Gasteiger partial charge on any atom is 0.144 e. The molecule has 6 heterocycles. The monoisotopic (exact) mass is 742 g/mol. The molecular formula is C40H52N6O4P2. The van der Waals surface area contributed by atoms with Crippen molar-refractivity contribution in [1.29, 1.82) is 0 Å². The number of hydrogen-bond acceptors (Lipinski definition) is 6. The first-order valence-electron chi connectivity index (χ1n) is 19.0. The van der Waals surface area contributed by atoms with E-state index in [4.69, 9.17) is 0 Å². The molecule has 0 bridgehead atoms. The quantitative estimate of drug-likeness (QED) is 0.217. The number of benzene rings is 2. The number of nitrogens with zero attached hydrogens (tertiary/aromatic N) is 6. The maximum atomic E-state index is 12.3. The van der Waals surface area contributed by atoms with Gasteiger partial charge in [-0.1, -0.05) is 48.5 Å². The van der Waals surface area contributed by atoms with Crippen LogP contribution >= 0.6 is 14.6 Å². The highest BCUT2D eigenvalue weighted by Crippen LogP contribution is 2.62. The van der Waals surface area contributed by atoms with Crippen molar-refractivity contribution < 1.29 is 19.3 Å². The fraction of sp³-hybridized carbons (Fsp3) is 0.550. The number of aromatic nitrogens is 4. The molecule has 12 heteroatoms. The molecule has 6 aliphatic rings. The lowest BCUT2D eigenvalue weighted by Gasteiger charge is -2.58. The molecule has 10 rings (SSSR count). The highest BCUT2D eigenvalue weighted by atomic mass is 31.2. The number of rotatable bonds is 4. The zero-order chi connectivity index (χ0) is 36.2. The minimum Gasteiger partial charge on any atom is -0.392 e. The van der Waals surface area contributed by atoms with Crippen molar-refractivity contribution in [2.75, 3.05) is 52.8 Å². The Labute approximate surface area is 307 Å². The second kappa shape index (κ2) is 12.3. The van der Waals surface area contributed by atoms with Gasteiger partial charge >= 0.3 is 0 Å². The molecular weight excluding hydrogens is 690 g/mol. The van der Waals surface area contributed by atoms with Crippen molar-refractivity contribution in [3.8, 4) is 22.5 Å². The van der Waals surface area contributed by atoms with Crippen LogP contribution in [-0.2, 0) is 9.13 Å². The summed E-state index contributed by atoms with van der Waals surface area (Å²) < 4.78 is 33.4. The van der Waals surface area contributed by atoms with E-state index < -0.39 is 14.6 Å². The highest BCUT2D eigenvalue weighted by Gasteiger charge is 2.59. The van der Waals surface area contributed by atoms with E-state index in [1.807, 2.05) is 51.7 Å². The SMILES string of the molecule is CP(C)(=O)N1CCC2(CC1)C[C@@H]([C@H]1c3ccccc3-c3cncn31)[C@H]2O.CP(C)(=O)N1CCC2(CC1)C[C@H]([C@@H]1c3ccccc3-c3cncn31)[C@@H]2O. The van der Waals surface area contributed by atoms with Crippen molar-refractivity contribution in [2.24, 2.45) is 22.7 Å². The third kappa shape index (κ3) is 5.34. The van der Waals surface area contributed by atoms with Gasteiger partial charge in [0, 0.05) is 75.8 Å². The lowest BCUT2D eigenvalue weighted by molar-refractivity contribution is -0.152. The molecule has 0 radical (unpaired) electrons. The van der Waals surface area contributed by atoms with E-state index in [1.165, 1.54) is 22.3 Å². The van der Waals surface area contributed by atoms with Crippen LogP contribution in [0.15, 0.2) is 73.6 Å². The summed E-state index contributed by atoms with van der Waals surface area (Å²) in [5, 5.41) is 22.4. The van der Waals surface area contributed by atoms with Crippen molar-refractivity contribution in [3.63, 3.8) is 0 Å². The van der Waals surface area contributed by atoms with Gasteiger partial charge in [-0.05, 0) is 60.5 Å².